The summed E-state index contributed by atoms with van der Waals surface area (Å²) in [6.45, 7) is 6.93. The van der Waals surface area contributed by atoms with Gasteiger partial charge in [-0.15, -0.1) is 11.3 Å². The lowest BCUT2D eigenvalue weighted by molar-refractivity contribution is -0.142. The molecular weight excluding hydrogens is 492 g/mol. The van der Waals surface area contributed by atoms with E-state index in [9.17, 15) is 14.7 Å². The van der Waals surface area contributed by atoms with Crippen LogP contribution in [0.1, 0.15) is 112 Å². The number of carboxylic acid groups (broad SMARTS) is 1. The molecule has 0 bridgehead atoms. The van der Waals surface area contributed by atoms with Gasteiger partial charge >= 0.3 is 5.97 Å². The quantitative estimate of drug-likeness (QED) is 0.280. The molecule has 0 saturated heterocycles. The molecule has 2 heterocycles. The average Bonchev–Trinajstić information content (AvgIpc) is 3.52. The number of hydrogen-bond acceptors (Lipinski definition) is 4. The number of fused-ring (bicyclic) bond motifs is 1. The highest BCUT2D eigenvalue weighted by atomic mass is 32.1. The number of rotatable bonds is 9. The minimum Gasteiger partial charge on any atom is -0.481 e. The number of imidazole rings is 1. The van der Waals surface area contributed by atoms with Crippen molar-refractivity contribution in [3.05, 3.63) is 52.0 Å². The summed E-state index contributed by atoms with van der Waals surface area (Å²) in [7, 11) is 0. The number of carbonyl (C=O) groups is 2. The summed E-state index contributed by atoms with van der Waals surface area (Å²) in [5.41, 5.74) is 2.87. The molecule has 2 aliphatic rings. The van der Waals surface area contributed by atoms with E-state index in [0.717, 1.165) is 55.4 Å². The summed E-state index contributed by atoms with van der Waals surface area (Å²) in [5.74, 6) is 0.487. The van der Waals surface area contributed by atoms with Crippen LogP contribution >= 0.6 is 11.3 Å². The van der Waals surface area contributed by atoms with Gasteiger partial charge in [-0.2, -0.15) is 0 Å². The molecule has 0 amide bonds. The predicted octanol–water partition coefficient (Wildman–Crippen LogP) is 8.32. The SMILES string of the molecule is C[C@@H]1CCCC[C@H]1n1c(Cc2cccs2)nc2cc(C(=O)CC(CC3CCC(C)(C)CC3)C(=O)O)ccc21. The highest BCUT2D eigenvalue weighted by molar-refractivity contribution is 7.09. The number of nitrogens with zero attached hydrogens (tertiary/aromatic N) is 2. The second-order valence-electron chi connectivity index (χ2n) is 12.7. The minimum absolute atomic E-state index is 0.0587. The van der Waals surface area contributed by atoms with Gasteiger partial charge in [-0.3, -0.25) is 9.59 Å². The zero-order chi connectivity index (χ0) is 26.9. The Balaban J connectivity index is 1.38. The molecule has 2 saturated carbocycles. The third-order valence-electron chi connectivity index (χ3n) is 9.25. The normalized spacial score (nSPS) is 22.9. The van der Waals surface area contributed by atoms with E-state index in [4.69, 9.17) is 4.98 Å². The molecule has 6 heteroatoms. The minimum atomic E-state index is -0.849. The van der Waals surface area contributed by atoms with Crippen LogP contribution in [0.5, 0.6) is 0 Å². The largest absolute Gasteiger partial charge is 0.481 e. The highest BCUT2D eigenvalue weighted by Crippen LogP contribution is 2.41. The second-order valence-corrected chi connectivity index (χ2v) is 13.7. The number of aromatic nitrogens is 2. The van der Waals surface area contributed by atoms with Crippen molar-refractivity contribution in [3.8, 4) is 0 Å². The van der Waals surface area contributed by atoms with Crippen molar-refractivity contribution in [2.75, 3.05) is 0 Å². The smallest absolute Gasteiger partial charge is 0.306 e. The van der Waals surface area contributed by atoms with Gasteiger partial charge in [0.15, 0.2) is 5.78 Å². The van der Waals surface area contributed by atoms with Crippen molar-refractivity contribution in [1.29, 1.82) is 0 Å². The number of carbonyl (C=O) groups excluding carboxylic acids is 1. The van der Waals surface area contributed by atoms with Gasteiger partial charge in [0.1, 0.15) is 5.82 Å². The standard InChI is InChI=1S/C32H42N2O3S/c1-21-7-4-5-9-27(21)34-28-11-10-23(18-26(28)33-30(34)20-25-8-6-16-38-25)29(35)19-24(31(36)37)17-22-12-14-32(2,3)15-13-22/h6,8,10-11,16,18,21-22,24,27H,4-5,7,9,12-15,17,19-20H2,1-3H3,(H,36,37)/t21-,24?,27-/m1/s1. The highest BCUT2D eigenvalue weighted by Gasteiger charge is 2.32. The second kappa shape index (κ2) is 11.3. The molecule has 1 aromatic carbocycles. The molecule has 3 atom stereocenters. The van der Waals surface area contributed by atoms with E-state index in [-0.39, 0.29) is 12.2 Å². The molecule has 38 heavy (non-hydrogen) atoms. The molecule has 5 rings (SSSR count). The molecule has 2 fully saturated rings. The average molecular weight is 535 g/mol. The Kier molecular flexibility index (Phi) is 8.08. The Morgan fingerprint density at radius 1 is 1.13 bits per heavy atom. The number of aliphatic carboxylic acids is 1. The molecule has 0 spiro atoms. The number of ketones is 1. The van der Waals surface area contributed by atoms with E-state index in [1.807, 2.05) is 18.2 Å². The van der Waals surface area contributed by atoms with Crippen LogP contribution in [-0.2, 0) is 11.2 Å². The van der Waals surface area contributed by atoms with Gasteiger partial charge in [-0.05, 0) is 91.8 Å². The number of benzene rings is 1. The molecule has 2 aromatic heterocycles. The zero-order valence-electron chi connectivity index (χ0n) is 23.1. The van der Waals surface area contributed by atoms with Gasteiger partial charge in [0.05, 0.1) is 17.0 Å². The summed E-state index contributed by atoms with van der Waals surface area (Å²) < 4.78 is 2.44. The molecule has 5 nitrogen and oxygen atoms in total. The fourth-order valence-corrected chi connectivity index (χ4v) is 7.48. The fraction of sp³-hybridized carbons (Fsp3) is 0.594. The lowest BCUT2D eigenvalue weighted by atomic mass is 9.70. The Morgan fingerprint density at radius 3 is 2.58 bits per heavy atom. The number of Topliss-reactive ketones (excluding diaryl/α,β-unsaturated/α-hetero) is 1. The molecule has 1 unspecified atom stereocenters. The van der Waals surface area contributed by atoms with Gasteiger partial charge in [-0.25, -0.2) is 4.98 Å². The lowest BCUT2D eigenvalue weighted by Crippen LogP contribution is -2.26. The first-order chi connectivity index (χ1) is 18.2. The first-order valence-corrected chi connectivity index (χ1v) is 15.4. The topological polar surface area (TPSA) is 72.2 Å². The van der Waals surface area contributed by atoms with Crippen molar-refractivity contribution in [3.63, 3.8) is 0 Å². The van der Waals surface area contributed by atoms with E-state index >= 15 is 0 Å². The van der Waals surface area contributed by atoms with E-state index in [1.54, 1.807) is 11.3 Å². The summed E-state index contributed by atoms with van der Waals surface area (Å²) in [6, 6.07) is 10.5. The number of hydrogen-bond donors (Lipinski definition) is 1. The third kappa shape index (κ3) is 6.06. The van der Waals surface area contributed by atoms with Crippen LogP contribution in [0.25, 0.3) is 11.0 Å². The molecule has 204 valence electrons. The zero-order valence-corrected chi connectivity index (χ0v) is 23.9. The van der Waals surface area contributed by atoms with Crippen molar-refractivity contribution in [2.45, 2.75) is 97.4 Å². The predicted molar refractivity (Wildman–Crippen MR) is 154 cm³/mol. The first kappa shape index (κ1) is 27.1. The first-order valence-electron chi connectivity index (χ1n) is 14.5. The Bertz CT molecular complexity index is 1270. The molecule has 1 N–H and O–H groups in total. The van der Waals surface area contributed by atoms with Crippen molar-refractivity contribution < 1.29 is 14.7 Å². The van der Waals surface area contributed by atoms with Crippen LogP contribution in [0, 0.1) is 23.2 Å². The Morgan fingerprint density at radius 2 is 1.89 bits per heavy atom. The van der Waals surface area contributed by atoms with Crippen molar-refractivity contribution in [1.82, 2.24) is 9.55 Å². The van der Waals surface area contributed by atoms with E-state index in [2.05, 4.69) is 42.9 Å². The van der Waals surface area contributed by atoms with Crippen LogP contribution < -0.4 is 0 Å². The Hall–Kier alpha value is -2.47. The van der Waals surface area contributed by atoms with E-state index in [1.165, 1.54) is 24.1 Å². The summed E-state index contributed by atoms with van der Waals surface area (Å²) >= 11 is 1.75. The maximum absolute atomic E-state index is 13.4. The fourth-order valence-electron chi connectivity index (χ4n) is 6.78. The number of carboxylic acids is 1. The van der Waals surface area contributed by atoms with E-state index in [0.29, 0.717) is 35.3 Å². The molecule has 0 radical (unpaired) electrons. The summed E-state index contributed by atoms with van der Waals surface area (Å²) in [4.78, 5) is 31.8. The number of thiophene rings is 1. The maximum Gasteiger partial charge on any atom is 0.306 e. The lowest BCUT2D eigenvalue weighted by Gasteiger charge is -2.35. The van der Waals surface area contributed by atoms with Crippen LogP contribution in [0.2, 0.25) is 0 Å². The monoisotopic (exact) mass is 534 g/mol. The maximum atomic E-state index is 13.4. The van der Waals surface area contributed by atoms with Crippen LogP contribution in [-0.4, -0.2) is 26.4 Å². The summed E-state index contributed by atoms with van der Waals surface area (Å²) in [5, 5.41) is 12.0. The van der Waals surface area contributed by atoms with Crippen molar-refractivity contribution >= 4 is 34.1 Å². The van der Waals surface area contributed by atoms with Gasteiger partial charge in [0.25, 0.3) is 0 Å². The van der Waals surface area contributed by atoms with Gasteiger partial charge in [0.2, 0.25) is 0 Å². The van der Waals surface area contributed by atoms with E-state index < -0.39 is 11.9 Å². The van der Waals surface area contributed by atoms with Crippen LogP contribution in [0.15, 0.2) is 35.7 Å². The van der Waals surface area contributed by atoms with Crippen LogP contribution in [0.4, 0.5) is 0 Å². The molecule has 0 aliphatic heterocycles. The van der Waals surface area contributed by atoms with Gasteiger partial charge < -0.3 is 9.67 Å². The Labute approximate surface area is 230 Å². The third-order valence-corrected chi connectivity index (χ3v) is 10.1. The van der Waals surface area contributed by atoms with Crippen molar-refractivity contribution in [2.24, 2.45) is 23.2 Å². The molecular formula is C32H42N2O3S. The molecule has 2 aliphatic carbocycles. The van der Waals surface area contributed by atoms with Gasteiger partial charge in [0, 0.05) is 29.3 Å². The van der Waals surface area contributed by atoms with Crippen LogP contribution in [0.3, 0.4) is 0 Å². The summed E-state index contributed by atoms with van der Waals surface area (Å²) in [6.07, 6.45) is 10.7. The van der Waals surface area contributed by atoms with Gasteiger partial charge in [-0.1, -0.05) is 39.7 Å². The molecule has 3 aromatic rings.